The summed E-state index contributed by atoms with van der Waals surface area (Å²) in [6.45, 7) is 4.24. The molecule has 1 atom stereocenters. The molecule has 1 aromatic rings. The molecule has 72 valence electrons. The second kappa shape index (κ2) is 4.77. The van der Waals surface area contributed by atoms with Crippen molar-refractivity contribution in [1.82, 2.24) is 0 Å². The van der Waals surface area contributed by atoms with Gasteiger partial charge in [-0.1, -0.05) is 41.4 Å². The molecule has 1 aromatic carbocycles. The smallest absolute Gasteiger partial charge is 0.0295 e. The molecule has 0 radical (unpaired) electrons. The number of benzene rings is 1. The number of rotatable bonds is 3. The molecule has 0 heterocycles. The largest absolute Gasteiger partial charge is 0.324 e. The fourth-order valence-electron chi connectivity index (χ4n) is 1.32. The minimum Gasteiger partial charge on any atom is -0.324 e. The zero-order chi connectivity index (χ0) is 9.84. The second-order valence-corrected chi connectivity index (χ2v) is 4.26. The first-order chi connectivity index (χ1) is 6.15. The predicted octanol–water partition coefficient (Wildman–Crippen LogP) is 3.56. The molecule has 0 amide bonds. The highest BCUT2D eigenvalue weighted by molar-refractivity contribution is 9.10. The molecular formula is C11H16BrN. The van der Waals surface area contributed by atoms with Gasteiger partial charge in [0.1, 0.15) is 0 Å². The topological polar surface area (TPSA) is 26.0 Å². The lowest BCUT2D eigenvalue weighted by Crippen LogP contribution is -2.09. The van der Waals surface area contributed by atoms with Crippen LogP contribution < -0.4 is 5.73 Å². The van der Waals surface area contributed by atoms with E-state index >= 15 is 0 Å². The average molecular weight is 242 g/mol. The molecule has 1 rings (SSSR count). The van der Waals surface area contributed by atoms with Crippen LogP contribution in [0.3, 0.4) is 0 Å². The number of hydrogen-bond donors (Lipinski definition) is 1. The van der Waals surface area contributed by atoms with Gasteiger partial charge in [0.05, 0.1) is 0 Å². The van der Waals surface area contributed by atoms with Gasteiger partial charge in [-0.2, -0.15) is 0 Å². The van der Waals surface area contributed by atoms with Gasteiger partial charge in [-0.25, -0.2) is 0 Å². The van der Waals surface area contributed by atoms with Crippen molar-refractivity contribution in [3.8, 4) is 0 Å². The van der Waals surface area contributed by atoms with Crippen molar-refractivity contribution >= 4 is 15.9 Å². The van der Waals surface area contributed by atoms with Crippen LogP contribution in [0.25, 0.3) is 0 Å². The summed E-state index contributed by atoms with van der Waals surface area (Å²) in [6, 6.07) is 6.52. The quantitative estimate of drug-likeness (QED) is 0.861. The van der Waals surface area contributed by atoms with Crippen molar-refractivity contribution in [2.45, 2.75) is 32.7 Å². The Morgan fingerprint density at radius 2 is 2.15 bits per heavy atom. The Labute approximate surface area is 88.5 Å². The monoisotopic (exact) mass is 241 g/mol. The molecule has 13 heavy (non-hydrogen) atoms. The molecule has 0 fully saturated rings. The van der Waals surface area contributed by atoms with Crippen LogP contribution >= 0.6 is 15.9 Å². The molecule has 0 unspecified atom stereocenters. The van der Waals surface area contributed by atoms with Crippen LogP contribution in [-0.4, -0.2) is 0 Å². The Morgan fingerprint density at radius 1 is 1.46 bits per heavy atom. The van der Waals surface area contributed by atoms with E-state index in [1.807, 2.05) is 0 Å². The third kappa shape index (κ3) is 2.82. The van der Waals surface area contributed by atoms with Crippen molar-refractivity contribution in [3.63, 3.8) is 0 Å². The first kappa shape index (κ1) is 10.7. The number of nitrogens with two attached hydrogens (primary N) is 1. The van der Waals surface area contributed by atoms with E-state index in [-0.39, 0.29) is 6.04 Å². The van der Waals surface area contributed by atoms with Crippen molar-refractivity contribution in [3.05, 3.63) is 33.8 Å². The van der Waals surface area contributed by atoms with Gasteiger partial charge in [0.2, 0.25) is 0 Å². The normalized spacial score (nSPS) is 12.9. The van der Waals surface area contributed by atoms with Crippen LogP contribution in [0.2, 0.25) is 0 Å². The van der Waals surface area contributed by atoms with E-state index in [1.165, 1.54) is 11.1 Å². The first-order valence-corrected chi connectivity index (χ1v) is 5.46. The fraction of sp³-hybridized carbons (Fsp3) is 0.455. The Morgan fingerprint density at radius 3 is 2.69 bits per heavy atom. The predicted molar refractivity (Wildman–Crippen MR) is 60.7 cm³/mol. The summed E-state index contributed by atoms with van der Waals surface area (Å²) >= 11 is 3.51. The van der Waals surface area contributed by atoms with Crippen LogP contribution in [-0.2, 0) is 0 Å². The van der Waals surface area contributed by atoms with E-state index in [1.54, 1.807) is 0 Å². The van der Waals surface area contributed by atoms with Crippen molar-refractivity contribution in [2.75, 3.05) is 0 Å². The molecule has 2 heteroatoms. The minimum atomic E-state index is 0.182. The van der Waals surface area contributed by atoms with Crippen LogP contribution in [0.4, 0.5) is 0 Å². The molecule has 2 N–H and O–H groups in total. The van der Waals surface area contributed by atoms with Gasteiger partial charge >= 0.3 is 0 Å². The lowest BCUT2D eigenvalue weighted by atomic mass is 10.0. The summed E-state index contributed by atoms with van der Waals surface area (Å²) < 4.78 is 1.15. The molecule has 0 aliphatic carbocycles. The Hall–Kier alpha value is -0.340. The number of hydrogen-bond acceptors (Lipinski definition) is 1. The van der Waals surface area contributed by atoms with Gasteiger partial charge in [-0.15, -0.1) is 0 Å². The van der Waals surface area contributed by atoms with Gasteiger partial charge in [0, 0.05) is 10.5 Å². The van der Waals surface area contributed by atoms with Gasteiger partial charge in [-0.05, 0) is 30.5 Å². The van der Waals surface area contributed by atoms with Crippen molar-refractivity contribution < 1.29 is 0 Å². The van der Waals surface area contributed by atoms with E-state index < -0.39 is 0 Å². The molecule has 0 spiro atoms. The molecule has 0 saturated carbocycles. The molecule has 0 bridgehead atoms. The highest BCUT2D eigenvalue weighted by atomic mass is 79.9. The van der Waals surface area contributed by atoms with E-state index in [0.29, 0.717) is 0 Å². The lowest BCUT2D eigenvalue weighted by molar-refractivity contribution is 0.638. The molecule has 0 aliphatic rings. The summed E-state index contributed by atoms with van der Waals surface area (Å²) in [4.78, 5) is 0. The highest BCUT2D eigenvalue weighted by Crippen LogP contribution is 2.22. The number of halogens is 1. The van der Waals surface area contributed by atoms with Crippen molar-refractivity contribution in [1.29, 1.82) is 0 Å². The SMILES string of the molecule is CCC[C@@H](N)c1ccc(C)c(Br)c1. The summed E-state index contributed by atoms with van der Waals surface area (Å²) in [6.07, 6.45) is 2.18. The second-order valence-electron chi connectivity index (χ2n) is 3.40. The van der Waals surface area contributed by atoms with Crippen LogP contribution in [0, 0.1) is 6.92 Å². The lowest BCUT2D eigenvalue weighted by Gasteiger charge is -2.11. The zero-order valence-electron chi connectivity index (χ0n) is 8.18. The Bertz CT molecular complexity index is 283. The maximum Gasteiger partial charge on any atom is 0.0295 e. The van der Waals surface area contributed by atoms with Gasteiger partial charge < -0.3 is 5.73 Å². The first-order valence-electron chi connectivity index (χ1n) is 4.66. The van der Waals surface area contributed by atoms with E-state index in [9.17, 15) is 0 Å². The molecule has 0 aromatic heterocycles. The maximum absolute atomic E-state index is 6.00. The van der Waals surface area contributed by atoms with E-state index in [0.717, 1.165) is 17.3 Å². The van der Waals surface area contributed by atoms with Crippen molar-refractivity contribution in [2.24, 2.45) is 5.73 Å². The van der Waals surface area contributed by atoms with Gasteiger partial charge in [0.25, 0.3) is 0 Å². The summed E-state index contributed by atoms with van der Waals surface area (Å²) in [5.41, 5.74) is 8.48. The standard InChI is InChI=1S/C11H16BrN/c1-3-4-11(13)9-6-5-8(2)10(12)7-9/h5-7,11H,3-4,13H2,1-2H3/t11-/m1/s1. The Kier molecular flexibility index (Phi) is 3.94. The van der Waals surface area contributed by atoms with Crippen LogP contribution in [0.5, 0.6) is 0 Å². The fourth-order valence-corrected chi connectivity index (χ4v) is 1.71. The van der Waals surface area contributed by atoms with Crippen LogP contribution in [0.1, 0.15) is 36.9 Å². The molecule has 0 saturated heterocycles. The van der Waals surface area contributed by atoms with Gasteiger partial charge in [0.15, 0.2) is 0 Å². The van der Waals surface area contributed by atoms with E-state index in [2.05, 4.69) is 48.0 Å². The highest BCUT2D eigenvalue weighted by Gasteiger charge is 2.05. The maximum atomic E-state index is 6.00. The average Bonchev–Trinajstić information content (AvgIpc) is 2.10. The minimum absolute atomic E-state index is 0.182. The zero-order valence-corrected chi connectivity index (χ0v) is 9.76. The number of aryl methyl sites for hydroxylation is 1. The summed E-state index contributed by atoms with van der Waals surface area (Å²) in [7, 11) is 0. The molecular weight excluding hydrogens is 226 g/mol. The summed E-state index contributed by atoms with van der Waals surface area (Å²) in [5, 5.41) is 0. The van der Waals surface area contributed by atoms with E-state index in [4.69, 9.17) is 5.73 Å². The third-order valence-corrected chi connectivity index (χ3v) is 3.08. The molecule has 0 aliphatic heterocycles. The third-order valence-electron chi connectivity index (χ3n) is 2.22. The Balaban J connectivity index is 2.84. The van der Waals surface area contributed by atoms with Gasteiger partial charge in [-0.3, -0.25) is 0 Å². The molecule has 1 nitrogen and oxygen atoms in total. The van der Waals surface area contributed by atoms with Crippen LogP contribution in [0.15, 0.2) is 22.7 Å². The summed E-state index contributed by atoms with van der Waals surface area (Å²) in [5.74, 6) is 0.